The van der Waals surface area contributed by atoms with Gasteiger partial charge in [-0.2, -0.15) is 0 Å². The fourth-order valence-corrected chi connectivity index (χ4v) is 1.96. The Bertz CT molecular complexity index is 659. The highest BCUT2D eigenvalue weighted by atomic mass is 16.5. The van der Waals surface area contributed by atoms with Gasteiger partial charge in [-0.3, -0.25) is 9.78 Å². The van der Waals surface area contributed by atoms with Crippen LogP contribution >= 0.6 is 0 Å². The molecule has 0 aliphatic heterocycles. The van der Waals surface area contributed by atoms with Crippen LogP contribution in [-0.4, -0.2) is 42.1 Å². The van der Waals surface area contributed by atoms with Crippen LogP contribution in [0.3, 0.4) is 0 Å². The van der Waals surface area contributed by atoms with E-state index in [0.717, 1.165) is 5.56 Å². The highest BCUT2D eigenvalue weighted by molar-refractivity contribution is 5.96. The van der Waals surface area contributed by atoms with Gasteiger partial charge in [0.25, 0.3) is 5.91 Å². The first-order valence-corrected chi connectivity index (χ1v) is 6.91. The lowest BCUT2D eigenvalue weighted by Gasteiger charge is -2.16. The average Bonchev–Trinajstić information content (AvgIpc) is 2.61. The topological polar surface area (TPSA) is 90.4 Å². The summed E-state index contributed by atoms with van der Waals surface area (Å²) in [7, 11) is 2.80. The van der Waals surface area contributed by atoms with Gasteiger partial charge in [0.1, 0.15) is 6.04 Å². The van der Waals surface area contributed by atoms with Gasteiger partial charge >= 0.3 is 5.97 Å². The number of methoxy groups -OCH3 is 2. The van der Waals surface area contributed by atoms with E-state index >= 15 is 0 Å². The Labute approximate surface area is 133 Å². The van der Waals surface area contributed by atoms with Crippen molar-refractivity contribution in [3.63, 3.8) is 0 Å². The number of hydrogen-bond acceptors (Lipinski definition) is 6. The minimum Gasteiger partial charge on any atom is -0.481 e. The van der Waals surface area contributed by atoms with Gasteiger partial charge in [-0.05, 0) is 17.7 Å². The Morgan fingerprint density at radius 3 is 2.61 bits per heavy atom. The quantitative estimate of drug-likeness (QED) is 0.800. The Balaban J connectivity index is 2.10. The molecule has 0 saturated carbocycles. The van der Waals surface area contributed by atoms with Gasteiger partial charge in [0.2, 0.25) is 5.88 Å². The minimum atomic E-state index is -0.817. The number of pyridine rings is 2. The second-order valence-electron chi connectivity index (χ2n) is 4.70. The summed E-state index contributed by atoms with van der Waals surface area (Å²) in [5.74, 6) is -0.448. The number of hydrogen-bond donors (Lipinski definition) is 1. The summed E-state index contributed by atoms with van der Waals surface area (Å²) in [6.07, 6.45) is 4.84. The van der Waals surface area contributed by atoms with Gasteiger partial charge < -0.3 is 14.8 Å². The molecule has 2 aromatic heterocycles. The predicted octanol–water partition coefficient (Wildman–Crippen LogP) is 0.999. The third kappa shape index (κ3) is 4.50. The summed E-state index contributed by atoms with van der Waals surface area (Å²) in [5, 5.41) is 2.65. The molecule has 0 aromatic carbocycles. The SMILES string of the molecule is COC(=O)[C@@H](Cc1ccc(OC)nc1)NC(=O)c1cccnc1. The number of aromatic nitrogens is 2. The standard InChI is InChI=1S/C16H17N3O4/c1-22-14-6-5-11(9-18-14)8-13(16(21)23-2)19-15(20)12-4-3-7-17-10-12/h3-7,9-10,13H,8H2,1-2H3,(H,19,20)/t13-/m1/s1. The van der Waals surface area contributed by atoms with Crippen molar-refractivity contribution in [3.05, 3.63) is 54.0 Å². The van der Waals surface area contributed by atoms with Gasteiger partial charge in [-0.1, -0.05) is 6.07 Å². The van der Waals surface area contributed by atoms with E-state index in [9.17, 15) is 9.59 Å². The van der Waals surface area contributed by atoms with Gasteiger partial charge in [0.15, 0.2) is 0 Å². The number of carbonyl (C=O) groups excluding carboxylic acids is 2. The highest BCUT2D eigenvalue weighted by Gasteiger charge is 2.22. The number of esters is 1. The van der Waals surface area contributed by atoms with Crippen molar-refractivity contribution in [1.29, 1.82) is 0 Å². The number of amides is 1. The summed E-state index contributed by atoms with van der Waals surface area (Å²) < 4.78 is 9.74. The van der Waals surface area contributed by atoms with Crippen molar-refractivity contribution < 1.29 is 19.1 Å². The molecule has 1 amide bonds. The van der Waals surface area contributed by atoms with Crippen LogP contribution in [0, 0.1) is 0 Å². The Hall–Kier alpha value is -2.96. The average molecular weight is 315 g/mol. The summed E-state index contributed by atoms with van der Waals surface area (Å²) in [5.41, 5.74) is 1.14. The zero-order valence-corrected chi connectivity index (χ0v) is 12.9. The molecule has 2 heterocycles. The number of nitrogens with zero attached hydrogens (tertiary/aromatic N) is 2. The van der Waals surface area contributed by atoms with Gasteiger partial charge in [0, 0.05) is 31.1 Å². The van der Waals surface area contributed by atoms with Crippen molar-refractivity contribution in [2.75, 3.05) is 14.2 Å². The Kier molecular flexibility index (Phi) is 5.62. The molecular weight excluding hydrogens is 298 g/mol. The van der Waals surface area contributed by atoms with E-state index in [1.807, 2.05) is 0 Å². The molecule has 7 nitrogen and oxygen atoms in total. The highest BCUT2D eigenvalue weighted by Crippen LogP contribution is 2.10. The van der Waals surface area contributed by atoms with Crippen molar-refractivity contribution in [1.82, 2.24) is 15.3 Å². The first kappa shape index (κ1) is 16.4. The lowest BCUT2D eigenvalue weighted by Crippen LogP contribution is -2.43. The van der Waals surface area contributed by atoms with E-state index in [1.54, 1.807) is 36.7 Å². The molecule has 2 rings (SSSR count). The fourth-order valence-electron chi connectivity index (χ4n) is 1.96. The maximum atomic E-state index is 12.2. The van der Waals surface area contributed by atoms with Crippen LogP contribution in [0.1, 0.15) is 15.9 Å². The van der Waals surface area contributed by atoms with Crippen LogP contribution in [0.5, 0.6) is 5.88 Å². The second-order valence-corrected chi connectivity index (χ2v) is 4.70. The molecule has 0 spiro atoms. The molecule has 2 aromatic rings. The Morgan fingerprint density at radius 1 is 1.22 bits per heavy atom. The van der Waals surface area contributed by atoms with Crippen LogP contribution < -0.4 is 10.1 Å². The largest absolute Gasteiger partial charge is 0.481 e. The molecule has 7 heteroatoms. The third-order valence-electron chi connectivity index (χ3n) is 3.16. The van der Waals surface area contributed by atoms with E-state index in [0.29, 0.717) is 11.4 Å². The zero-order chi connectivity index (χ0) is 16.7. The van der Waals surface area contributed by atoms with Crippen molar-refractivity contribution >= 4 is 11.9 Å². The van der Waals surface area contributed by atoms with Crippen molar-refractivity contribution in [2.45, 2.75) is 12.5 Å². The monoisotopic (exact) mass is 315 g/mol. The first-order chi connectivity index (χ1) is 11.1. The minimum absolute atomic E-state index is 0.260. The molecule has 120 valence electrons. The van der Waals surface area contributed by atoms with Crippen LogP contribution in [0.2, 0.25) is 0 Å². The number of carbonyl (C=O) groups is 2. The van der Waals surface area contributed by atoms with Crippen LogP contribution in [0.15, 0.2) is 42.9 Å². The molecule has 1 N–H and O–H groups in total. The molecule has 0 radical (unpaired) electrons. The van der Waals surface area contributed by atoms with Crippen molar-refractivity contribution in [2.24, 2.45) is 0 Å². The van der Waals surface area contributed by atoms with E-state index in [1.165, 1.54) is 20.4 Å². The molecule has 0 aliphatic rings. The lowest BCUT2D eigenvalue weighted by atomic mass is 10.1. The van der Waals surface area contributed by atoms with Crippen LogP contribution in [0.25, 0.3) is 0 Å². The normalized spacial score (nSPS) is 11.4. The maximum Gasteiger partial charge on any atom is 0.328 e. The summed E-state index contributed by atoms with van der Waals surface area (Å²) in [4.78, 5) is 32.0. The molecule has 0 saturated heterocycles. The molecule has 0 bridgehead atoms. The van der Waals surface area contributed by atoms with E-state index in [-0.39, 0.29) is 6.42 Å². The Morgan fingerprint density at radius 2 is 2.04 bits per heavy atom. The number of ether oxygens (including phenoxy) is 2. The summed E-state index contributed by atoms with van der Waals surface area (Å²) in [6, 6.07) is 5.91. The smallest absolute Gasteiger partial charge is 0.328 e. The maximum absolute atomic E-state index is 12.2. The number of nitrogens with one attached hydrogen (secondary N) is 1. The third-order valence-corrected chi connectivity index (χ3v) is 3.16. The molecule has 0 fully saturated rings. The van der Waals surface area contributed by atoms with Crippen LogP contribution in [-0.2, 0) is 16.0 Å². The molecule has 23 heavy (non-hydrogen) atoms. The molecular formula is C16H17N3O4. The van der Waals surface area contributed by atoms with Crippen LogP contribution in [0.4, 0.5) is 0 Å². The summed E-state index contributed by atoms with van der Waals surface area (Å²) >= 11 is 0. The number of rotatable bonds is 6. The van der Waals surface area contributed by atoms with E-state index in [2.05, 4.69) is 15.3 Å². The first-order valence-electron chi connectivity index (χ1n) is 6.91. The molecule has 1 atom stereocenters. The van der Waals surface area contributed by atoms with Crippen molar-refractivity contribution in [3.8, 4) is 5.88 Å². The zero-order valence-electron chi connectivity index (χ0n) is 12.9. The van der Waals surface area contributed by atoms with Gasteiger partial charge in [-0.25, -0.2) is 9.78 Å². The second kappa shape index (κ2) is 7.88. The van der Waals surface area contributed by atoms with Gasteiger partial charge in [0.05, 0.1) is 19.8 Å². The summed E-state index contributed by atoms with van der Waals surface area (Å²) in [6.45, 7) is 0. The van der Waals surface area contributed by atoms with E-state index < -0.39 is 17.9 Å². The molecule has 0 aliphatic carbocycles. The molecule has 0 unspecified atom stereocenters. The van der Waals surface area contributed by atoms with Gasteiger partial charge in [-0.15, -0.1) is 0 Å². The fraction of sp³-hybridized carbons (Fsp3) is 0.250. The predicted molar refractivity (Wildman–Crippen MR) is 82.0 cm³/mol. The lowest BCUT2D eigenvalue weighted by molar-refractivity contribution is -0.142. The van der Waals surface area contributed by atoms with E-state index in [4.69, 9.17) is 9.47 Å².